The van der Waals surface area contributed by atoms with Gasteiger partial charge in [-0.05, 0) is 31.6 Å². The van der Waals surface area contributed by atoms with Crippen molar-refractivity contribution in [2.45, 2.75) is 66.2 Å². The van der Waals surface area contributed by atoms with Gasteiger partial charge in [-0.3, -0.25) is 4.79 Å². The molecular weight excluding hydrogens is 216 g/mol. The fraction of sp³-hybridized carbons (Fsp3) is 0.929. The van der Waals surface area contributed by atoms with Crippen molar-refractivity contribution in [3.05, 3.63) is 0 Å². The quantitative estimate of drug-likeness (QED) is 0.611. The van der Waals surface area contributed by atoms with E-state index in [-0.39, 0.29) is 12.0 Å². The first kappa shape index (κ1) is 16.4. The Kier molecular flexibility index (Phi) is 6.76. The Hall–Kier alpha value is -0.570. The summed E-state index contributed by atoms with van der Waals surface area (Å²) in [4.78, 5) is 11.5. The van der Waals surface area contributed by atoms with E-state index < -0.39 is 11.4 Å². The van der Waals surface area contributed by atoms with Crippen LogP contribution in [0.1, 0.15) is 66.2 Å². The number of carboxylic acids is 1. The number of carbonyl (C=O) groups is 1. The van der Waals surface area contributed by atoms with Crippen LogP contribution in [-0.2, 0) is 4.79 Å². The summed E-state index contributed by atoms with van der Waals surface area (Å²) in [6.45, 7) is 8.10. The zero-order valence-electron chi connectivity index (χ0n) is 11.8. The molecule has 1 unspecified atom stereocenters. The van der Waals surface area contributed by atoms with Crippen molar-refractivity contribution in [3.63, 3.8) is 0 Å². The predicted molar refractivity (Wildman–Crippen MR) is 70.0 cm³/mol. The minimum Gasteiger partial charge on any atom is -0.481 e. The van der Waals surface area contributed by atoms with E-state index in [1.807, 2.05) is 20.8 Å². The van der Waals surface area contributed by atoms with Gasteiger partial charge < -0.3 is 10.2 Å². The molecule has 0 bridgehead atoms. The largest absolute Gasteiger partial charge is 0.481 e. The van der Waals surface area contributed by atoms with Gasteiger partial charge in [-0.2, -0.15) is 0 Å². The standard InChI is InChI=1S/C14H28O3/c1-5-6-7-9-13(2,3)14(4,12(16)17)10-8-11-15/h15H,5-11H2,1-4H3,(H,16,17). The van der Waals surface area contributed by atoms with E-state index in [9.17, 15) is 9.90 Å². The van der Waals surface area contributed by atoms with Crippen LogP contribution in [0.5, 0.6) is 0 Å². The van der Waals surface area contributed by atoms with Crippen LogP contribution in [0.25, 0.3) is 0 Å². The maximum absolute atomic E-state index is 11.5. The van der Waals surface area contributed by atoms with Crippen LogP contribution in [0.2, 0.25) is 0 Å². The zero-order chi connectivity index (χ0) is 13.5. The lowest BCUT2D eigenvalue weighted by Gasteiger charge is -2.41. The molecule has 0 amide bonds. The molecule has 17 heavy (non-hydrogen) atoms. The van der Waals surface area contributed by atoms with Gasteiger partial charge in [-0.1, -0.05) is 40.0 Å². The summed E-state index contributed by atoms with van der Waals surface area (Å²) in [6, 6.07) is 0. The van der Waals surface area contributed by atoms with E-state index >= 15 is 0 Å². The number of aliphatic hydroxyl groups excluding tert-OH is 1. The fourth-order valence-corrected chi connectivity index (χ4v) is 2.26. The number of rotatable bonds is 9. The van der Waals surface area contributed by atoms with Crippen molar-refractivity contribution in [2.24, 2.45) is 10.8 Å². The molecule has 0 aliphatic carbocycles. The van der Waals surface area contributed by atoms with E-state index in [0.717, 1.165) is 25.7 Å². The minimum atomic E-state index is -0.747. The number of unbranched alkanes of at least 4 members (excludes halogenated alkanes) is 2. The van der Waals surface area contributed by atoms with Crippen molar-refractivity contribution >= 4 is 5.97 Å². The summed E-state index contributed by atoms with van der Waals surface area (Å²) in [7, 11) is 0. The van der Waals surface area contributed by atoms with Gasteiger partial charge in [0.2, 0.25) is 0 Å². The highest BCUT2D eigenvalue weighted by Gasteiger charge is 2.46. The summed E-state index contributed by atoms with van der Waals surface area (Å²) < 4.78 is 0. The normalized spacial score (nSPS) is 15.6. The van der Waals surface area contributed by atoms with E-state index in [1.165, 1.54) is 0 Å². The van der Waals surface area contributed by atoms with Gasteiger partial charge in [0.05, 0.1) is 5.41 Å². The predicted octanol–water partition coefficient (Wildman–Crippen LogP) is 3.46. The average molecular weight is 244 g/mol. The van der Waals surface area contributed by atoms with Crippen molar-refractivity contribution in [3.8, 4) is 0 Å². The fourth-order valence-electron chi connectivity index (χ4n) is 2.26. The maximum Gasteiger partial charge on any atom is 0.309 e. The molecule has 0 aliphatic rings. The van der Waals surface area contributed by atoms with Gasteiger partial charge >= 0.3 is 5.97 Å². The molecule has 102 valence electrons. The second-order valence-electron chi connectivity index (χ2n) is 5.81. The van der Waals surface area contributed by atoms with Gasteiger partial charge in [-0.25, -0.2) is 0 Å². The summed E-state index contributed by atoms with van der Waals surface area (Å²) >= 11 is 0. The van der Waals surface area contributed by atoms with Crippen molar-refractivity contribution in [1.82, 2.24) is 0 Å². The number of hydrogen-bond acceptors (Lipinski definition) is 2. The molecule has 0 aromatic rings. The molecule has 0 aliphatic heterocycles. The van der Waals surface area contributed by atoms with Gasteiger partial charge in [0.15, 0.2) is 0 Å². The van der Waals surface area contributed by atoms with E-state index in [1.54, 1.807) is 0 Å². The SMILES string of the molecule is CCCCCC(C)(C)C(C)(CCCO)C(=O)O. The Bertz CT molecular complexity index is 236. The molecule has 3 nitrogen and oxygen atoms in total. The first-order valence-corrected chi connectivity index (χ1v) is 6.66. The Labute approximate surface area is 105 Å². The third-order valence-electron chi connectivity index (χ3n) is 4.21. The molecule has 2 N–H and O–H groups in total. The molecule has 0 saturated carbocycles. The smallest absolute Gasteiger partial charge is 0.309 e. The van der Waals surface area contributed by atoms with Crippen LogP contribution in [0.15, 0.2) is 0 Å². The van der Waals surface area contributed by atoms with Crippen molar-refractivity contribution in [1.29, 1.82) is 0 Å². The summed E-state index contributed by atoms with van der Waals surface area (Å²) in [5.41, 5.74) is -0.980. The third kappa shape index (κ3) is 4.30. The first-order valence-electron chi connectivity index (χ1n) is 6.66. The topological polar surface area (TPSA) is 57.5 Å². The second-order valence-corrected chi connectivity index (χ2v) is 5.81. The van der Waals surface area contributed by atoms with E-state index in [0.29, 0.717) is 12.8 Å². The second kappa shape index (κ2) is 7.00. The van der Waals surface area contributed by atoms with Crippen LogP contribution in [0.3, 0.4) is 0 Å². The highest BCUT2D eigenvalue weighted by Crippen LogP contribution is 2.46. The first-order chi connectivity index (χ1) is 7.81. The Balaban J connectivity index is 4.70. The minimum absolute atomic E-state index is 0.0634. The molecule has 3 heteroatoms. The van der Waals surface area contributed by atoms with Gasteiger partial charge in [0, 0.05) is 6.61 Å². The summed E-state index contributed by atoms with van der Waals surface area (Å²) in [6.07, 6.45) is 5.40. The monoisotopic (exact) mass is 244 g/mol. The van der Waals surface area contributed by atoms with E-state index in [2.05, 4.69) is 6.92 Å². The van der Waals surface area contributed by atoms with Crippen molar-refractivity contribution < 1.29 is 15.0 Å². The zero-order valence-corrected chi connectivity index (χ0v) is 11.8. The Morgan fingerprint density at radius 3 is 2.06 bits per heavy atom. The molecule has 0 aromatic heterocycles. The lowest BCUT2D eigenvalue weighted by Crippen LogP contribution is -2.42. The molecule has 1 atom stereocenters. The Morgan fingerprint density at radius 2 is 1.65 bits per heavy atom. The number of aliphatic hydroxyl groups is 1. The van der Waals surface area contributed by atoms with Gasteiger partial charge in [0.25, 0.3) is 0 Å². The molecule has 0 aromatic carbocycles. The number of aliphatic carboxylic acids is 1. The summed E-state index contributed by atoms with van der Waals surface area (Å²) in [5.74, 6) is -0.743. The average Bonchev–Trinajstić information content (AvgIpc) is 2.25. The van der Waals surface area contributed by atoms with E-state index in [4.69, 9.17) is 5.11 Å². The van der Waals surface area contributed by atoms with Crippen LogP contribution < -0.4 is 0 Å². The Morgan fingerprint density at radius 1 is 1.06 bits per heavy atom. The van der Waals surface area contributed by atoms with Gasteiger partial charge in [0.1, 0.15) is 0 Å². The molecule has 0 radical (unpaired) electrons. The lowest BCUT2D eigenvalue weighted by atomic mass is 9.62. The molecular formula is C14H28O3. The van der Waals surface area contributed by atoms with Crippen LogP contribution in [0.4, 0.5) is 0 Å². The number of hydrogen-bond donors (Lipinski definition) is 2. The van der Waals surface area contributed by atoms with Crippen LogP contribution >= 0.6 is 0 Å². The molecule has 0 spiro atoms. The highest BCUT2D eigenvalue weighted by molar-refractivity contribution is 5.75. The van der Waals surface area contributed by atoms with Crippen molar-refractivity contribution in [2.75, 3.05) is 6.61 Å². The lowest BCUT2D eigenvalue weighted by molar-refractivity contribution is -0.157. The summed E-state index contributed by atoms with van der Waals surface area (Å²) in [5, 5.41) is 18.4. The molecule has 0 heterocycles. The van der Waals surface area contributed by atoms with Gasteiger partial charge in [-0.15, -0.1) is 0 Å². The van der Waals surface area contributed by atoms with Crippen LogP contribution in [-0.4, -0.2) is 22.8 Å². The third-order valence-corrected chi connectivity index (χ3v) is 4.21. The number of carboxylic acid groups (broad SMARTS) is 1. The highest BCUT2D eigenvalue weighted by atomic mass is 16.4. The molecule has 0 rings (SSSR count). The molecule has 0 fully saturated rings. The molecule has 0 saturated heterocycles. The van der Waals surface area contributed by atoms with Crippen LogP contribution in [0, 0.1) is 10.8 Å². The maximum atomic E-state index is 11.5.